The van der Waals surface area contributed by atoms with E-state index in [0.29, 0.717) is 6.04 Å². The molecule has 1 N–H and O–H groups in total. The van der Waals surface area contributed by atoms with Crippen LogP contribution in [0.5, 0.6) is 0 Å². The lowest BCUT2D eigenvalue weighted by molar-refractivity contribution is 0.313. The molecule has 142 valence electrons. The molecule has 4 rings (SSSR count). The molecule has 0 bridgehead atoms. The van der Waals surface area contributed by atoms with Gasteiger partial charge in [-0.2, -0.15) is 0 Å². The smallest absolute Gasteiger partial charge is 0.225 e. The fourth-order valence-electron chi connectivity index (χ4n) is 4.59. The van der Waals surface area contributed by atoms with E-state index in [1.807, 2.05) is 18.5 Å². The van der Waals surface area contributed by atoms with Crippen molar-refractivity contribution in [1.82, 2.24) is 20.2 Å². The first-order chi connectivity index (χ1) is 12.8. The van der Waals surface area contributed by atoms with Crippen LogP contribution in [0.15, 0.2) is 23.5 Å². The van der Waals surface area contributed by atoms with E-state index in [2.05, 4.69) is 32.0 Å². The second-order valence-corrected chi connectivity index (χ2v) is 7.87. The molecule has 6 nitrogen and oxygen atoms in total. The Bertz CT molecular complexity index is 590. The molecule has 2 unspecified atom stereocenters. The van der Waals surface area contributed by atoms with Crippen molar-refractivity contribution in [2.75, 3.05) is 37.6 Å². The highest BCUT2D eigenvalue weighted by molar-refractivity contribution is 5.81. The number of anilines is 1. The Balaban J connectivity index is 1.30. The number of guanidine groups is 1. The van der Waals surface area contributed by atoms with Crippen molar-refractivity contribution in [2.45, 2.75) is 51.5 Å². The molecule has 0 radical (unpaired) electrons. The van der Waals surface area contributed by atoms with Gasteiger partial charge >= 0.3 is 0 Å². The molecule has 6 heteroatoms. The van der Waals surface area contributed by atoms with Gasteiger partial charge in [0, 0.05) is 51.2 Å². The van der Waals surface area contributed by atoms with Gasteiger partial charge in [0.25, 0.3) is 0 Å². The summed E-state index contributed by atoms with van der Waals surface area (Å²) < 4.78 is 0. The fourth-order valence-corrected chi connectivity index (χ4v) is 4.59. The Hall–Kier alpha value is -1.85. The van der Waals surface area contributed by atoms with E-state index in [9.17, 15) is 0 Å². The SMILES string of the molecule is CCN=C(NC1CC1C1CCCCC1)N1CCN(c2ncccn2)CC1. The normalized spacial score (nSPS) is 27.5. The minimum Gasteiger partial charge on any atom is -0.353 e. The van der Waals surface area contributed by atoms with E-state index >= 15 is 0 Å². The van der Waals surface area contributed by atoms with Gasteiger partial charge < -0.3 is 15.1 Å². The number of rotatable bonds is 4. The zero-order valence-electron chi connectivity index (χ0n) is 16.0. The number of hydrogen-bond donors (Lipinski definition) is 1. The van der Waals surface area contributed by atoms with Crippen LogP contribution in [-0.4, -0.2) is 59.6 Å². The highest BCUT2D eigenvalue weighted by atomic mass is 15.4. The van der Waals surface area contributed by atoms with Crippen molar-refractivity contribution in [1.29, 1.82) is 0 Å². The standard InChI is InChI=1S/C20H32N6/c1-2-21-20(24-18-15-17(18)16-7-4-3-5-8-16)26-13-11-25(12-14-26)19-22-9-6-10-23-19/h6,9-10,16-18H,2-5,7-8,11-15H2,1H3,(H,21,24). The average Bonchev–Trinajstić information content (AvgIpc) is 3.48. The van der Waals surface area contributed by atoms with E-state index in [4.69, 9.17) is 4.99 Å². The van der Waals surface area contributed by atoms with Crippen LogP contribution < -0.4 is 10.2 Å². The summed E-state index contributed by atoms with van der Waals surface area (Å²) in [6, 6.07) is 2.52. The van der Waals surface area contributed by atoms with Crippen molar-refractivity contribution < 1.29 is 0 Å². The second kappa shape index (κ2) is 8.23. The molecule has 0 amide bonds. The van der Waals surface area contributed by atoms with Crippen LogP contribution >= 0.6 is 0 Å². The van der Waals surface area contributed by atoms with E-state index in [1.54, 1.807) is 0 Å². The fraction of sp³-hybridized carbons (Fsp3) is 0.750. The third-order valence-electron chi connectivity index (χ3n) is 6.13. The van der Waals surface area contributed by atoms with Gasteiger partial charge in [-0.3, -0.25) is 4.99 Å². The molecule has 2 saturated carbocycles. The molecule has 3 aliphatic rings. The van der Waals surface area contributed by atoms with Gasteiger partial charge in [-0.05, 0) is 31.2 Å². The zero-order valence-corrected chi connectivity index (χ0v) is 16.0. The quantitative estimate of drug-likeness (QED) is 0.664. The molecule has 2 aliphatic carbocycles. The number of nitrogens with zero attached hydrogens (tertiary/aromatic N) is 5. The topological polar surface area (TPSA) is 56.7 Å². The number of piperazine rings is 1. The van der Waals surface area contributed by atoms with E-state index in [0.717, 1.165) is 56.5 Å². The maximum absolute atomic E-state index is 4.79. The Labute approximate surface area is 157 Å². The van der Waals surface area contributed by atoms with Gasteiger partial charge in [-0.15, -0.1) is 0 Å². The maximum atomic E-state index is 4.79. The van der Waals surface area contributed by atoms with Crippen LogP contribution in [0.3, 0.4) is 0 Å². The molecule has 1 aromatic rings. The Morgan fingerprint density at radius 2 is 1.85 bits per heavy atom. The van der Waals surface area contributed by atoms with Crippen molar-refractivity contribution >= 4 is 11.9 Å². The third-order valence-corrected chi connectivity index (χ3v) is 6.13. The predicted molar refractivity (Wildman–Crippen MR) is 105 cm³/mol. The van der Waals surface area contributed by atoms with Crippen LogP contribution in [-0.2, 0) is 0 Å². The van der Waals surface area contributed by atoms with Gasteiger partial charge in [0.2, 0.25) is 5.95 Å². The molecule has 3 fully saturated rings. The number of aromatic nitrogens is 2. The van der Waals surface area contributed by atoms with Crippen LogP contribution in [0, 0.1) is 11.8 Å². The molecule has 0 aromatic carbocycles. The number of nitrogens with one attached hydrogen (secondary N) is 1. The van der Waals surface area contributed by atoms with Crippen LogP contribution in [0.2, 0.25) is 0 Å². The highest BCUT2D eigenvalue weighted by Gasteiger charge is 2.44. The van der Waals surface area contributed by atoms with Crippen molar-refractivity contribution in [3.05, 3.63) is 18.5 Å². The molecule has 2 atom stereocenters. The van der Waals surface area contributed by atoms with Gasteiger partial charge in [0.1, 0.15) is 0 Å². The highest BCUT2D eigenvalue weighted by Crippen LogP contribution is 2.44. The minimum atomic E-state index is 0.652. The summed E-state index contributed by atoms with van der Waals surface area (Å²) in [5.41, 5.74) is 0. The number of aliphatic imine (C=N–C) groups is 1. The van der Waals surface area contributed by atoms with Crippen molar-refractivity contribution in [2.24, 2.45) is 16.8 Å². The van der Waals surface area contributed by atoms with Gasteiger partial charge in [-0.1, -0.05) is 32.1 Å². The summed E-state index contributed by atoms with van der Waals surface area (Å²) in [6.45, 7) is 6.82. The van der Waals surface area contributed by atoms with Crippen LogP contribution in [0.25, 0.3) is 0 Å². The summed E-state index contributed by atoms with van der Waals surface area (Å²) in [4.78, 5) is 18.2. The summed E-state index contributed by atoms with van der Waals surface area (Å²) in [7, 11) is 0. The largest absolute Gasteiger partial charge is 0.353 e. The van der Waals surface area contributed by atoms with E-state index in [-0.39, 0.29) is 0 Å². The monoisotopic (exact) mass is 356 g/mol. The lowest BCUT2D eigenvalue weighted by atomic mass is 9.85. The molecule has 1 saturated heterocycles. The Morgan fingerprint density at radius 3 is 2.54 bits per heavy atom. The zero-order chi connectivity index (χ0) is 17.8. The van der Waals surface area contributed by atoms with Crippen molar-refractivity contribution in [3.63, 3.8) is 0 Å². The van der Waals surface area contributed by atoms with E-state index < -0.39 is 0 Å². The lowest BCUT2D eigenvalue weighted by Gasteiger charge is -2.36. The molecule has 1 aromatic heterocycles. The molecular weight excluding hydrogens is 324 g/mol. The summed E-state index contributed by atoms with van der Waals surface area (Å²) in [6.07, 6.45) is 12.2. The van der Waals surface area contributed by atoms with Gasteiger partial charge in [0.15, 0.2) is 5.96 Å². The van der Waals surface area contributed by atoms with Crippen molar-refractivity contribution in [3.8, 4) is 0 Å². The summed E-state index contributed by atoms with van der Waals surface area (Å²) in [5, 5.41) is 3.79. The third kappa shape index (κ3) is 4.10. The van der Waals surface area contributed by atoms with E-state index in [1.165, 1.54) is 38.5 Å². The van der Waals surface area contributed by atoms with Gasteiger partial charge in [-0.25, -0.2) is 9.97 Å². The first-order valence-corrected chi connectivity index (χ1v) is 10.4. The number of hydrogen-bond acceptors (Lipinski definition) is 4. The Morgan fingerprint density at radius 1 is 1.12 bits per heavy atom. The average molecular weight is 357 g/mol. The van der Waals surface area contributed by atoms with Crippen LogP contribution in [0.1, 0.15) is 45.4 Å². The lowest BCUT2D eigenvalue weighted by Crippen LogP contribution is -2.53. The van der Waals surface area contributed by atoms with Crippen LogP contribution in [0.4, 0.5) is 5.95 Å². The molecule has 26 heavy (non-hydrogen) atoms. The Kier molecular flexibility index (Phi) is 5.56. The first-order valence-electron chi connectivity index (χ1n) is 10.4. The maximum Gasteiger partial charge on any atom is 0.225 e. The minimum absolute atomic E-state index is 0.652. The molecule has 2 heterocycles. The molecule has 1 aliphatic heterocycles. The first kappa shape index (κ1) is 17.6. The predicted octanol–water partition coefficient (Wildman–Crippen LogP) is 2.53. The molecular formula is C20H32N6. The summed E-state index contributed by atoms with van der Waals surface area (Å²) >= 11 is 0. The second-order valence-electron chi connectivity index (χ2n) is 7.87. The molecule has 0 spiro atoms. The van der Waals surface area contributed by atoms with Gasteiger partial charge in [0.05, 0.1) is 0 Å². The summed E-state index contributed by atoms with van der Waals surface area (Å²) in [5.74, 6) is 3.80.